The van der Waals surface area contributed by atoms with Gasteiger partial charge in [-0.1, -0.05) is 97.1 Å². The number of fused-ring (bicyclic) bond motifs is 10. The van der Waals surface area contributed by atoms with E-state index < -0.39 is 0 Å². The number of nitriles is 2. The van der Waals surface area contributed by atoms with Crippen molar-refractivity contribution < 1.29 is 0 Å². The summed E-state index contributed by atoms with van der Waals surface area (Å²) in [4.78, 5) is 0. The first-order valence-corrected chi connectivity index (χ1v) is 14.6. The van der Waals surface area contributed by atoms with Gasteiger partial charge in [0, 0.05) is 21.5 Å². The topological polar surface area (TPSA) is 57.4 Å². The SMILES string of the molecule is N#Cc1cc(C#N)c(-n2c3ccccc3c3c4ccccc4ccc32)c(-n2c3ccccc3c3c4ccccc4ccc32)c1. The van der Waals surface area contributed by atoms with Gasteiger partial charge in [0.05, 0.1) is 50.6 Å². The average molecular weight is 559 g/mol. The fourth-order valence-corrected chi connectivity index (χ4v) is 7.15. The van der Waals surface area contributed by atoms with Crippen LogP contribution in [0, 0.1) is 22.7 Å². The van der Waals surface area contributed by atoms with E-state index in [1.54, 1.807) is 6.07 Å². The van der Waals surface area contributed by atoms with Crippen molar-refractivity contribution in [1.82, 2.24) is 9.13 Å². The summed E-state index contributed by atoms with van der Waals surface area (Å²) in [5, 5.41) is 30.0. The fourth-order valence-electron chi connectivity index (χ4n) is 7.15. The lowest BCUT2D eigenvalue weighted by molar-refractivity contribution is 1.09. The molecule has 202 valence electrons. The van der Waals surface area contributed by atoms with Gasteiger partial charge in [0.2, 0.25) is 0 Å². The molecule has 0 amide bonds. The first kappa shape index (κ1) is 24.3. The van der Waals surface area contributed by atoms with E-state index in [0.29, 0.717) is 11.1 Å². The molecule has 44 heavy (non-hydrogen) atoms. The summed E-state index contributed by atoms with van der Waals surface area (Å²) in [5.74, 6) is 0. The van der Waals surface area contributed by atoms with Crippen molar-refractivity contribution >= 4 is 65.2 Å². The van der Waals surface area contributed by atoms with E-state index in [2.05, 4.69) is 130 Å². The van der Waals surface area contributed by atoms with Crippen molar-refractivity contribution in [1.29, 1.82) is 10.5 Å². The smallest absolute Gasteiger partial charge is 0.101 e. The minimum absolute atomic E-state index is 0.443. The van der Waals surface area contributed by atoms with Crippen LogP contribution in [-0.2, 0) is 0 Å². The summed E-state index contributed by atoms with van der Waals surface area (Å²) < 4.78 is 4.45. The standard InChI is InChI=1S/C40H22N4/c41-23-25-21-28(24-42)40(44-34-16-8-6-14-32(34)39-30-12-4-2-10-27(30)18-20-36(39)44)37(22-25)43-33-15-7-5-13-31(33)38-29-11-3-1-9-26(29)17-19-35(38)43/h1-22H. The molecule has 0 bridgehead atoms. The Kier molecular flexibility index (Phi) is 5.00. The van der Waals surface area contributed by atoms with E-state index in [1.807, 2.05) is 18.2 Å². The molecule has 0 saturated carbocycles. The molecule has 0 N–H and O–H groups in total. The van der Waals surface area contributed by atoms with Crippen LogP contribution in [0.25, 0.3) is 76.5 Å². The number of hydrogen-bond donors (Lipinski definition) is 0. The fraction of sp³-hybridized carbons (Fsp3) is 0. The zero-order valence-corrected chi connectivity index (χ0v) is 23.5. The molecular weight excluding hydrogens is 536 g/mol. The number of rotatable bonds is 2. The molecule has 9 aromatic rings. The van der Waals surface area contributed by atoms with Gasteiger partial charge in [-0.25, -0.2) is 0 Å². The zero-order chi connectivity index (χ0) is 29.4. The molecule has 7 aromatic carbocycles. The molecule has 0 fully saturated rings. The quantitative estimate of drug-likeness (QED) is 0.212. The summed E-state index contributed by atoms with van der Waals surface area (Å²) in [7, 11) is 0. The number of benzene rings is 7. The molecule has 0 aliphatic rings. The molecule has 2 aromatic heterocycles. The predicted molar refractivity (Wildman–Crippen MR) is 180 cm³/mol. The Morgan fingerprint density at radius 3 is 1.50 bits per heavy atom. The normalized spacial score (nSPS) is 11.6. The zero-order valence-electron chi connectivity index (χ0n) is 23.5. The Morgan fingerprint density at radius 1 is 0.432 bits per heavy atom. The highest BCUT2D eigenvalue weighted by atomic mass is 15.1. The van der Waals surface area contributed by atoms with Gasteiger partial charge in [-0.3, -0.25) is 0 Å². The largest absolute Gasteiger partial charge is 0.307 e. The number of hydrogen-bond acceptors (Lipinski definition) is 2. The average Bonchev–Trinajstić information content (AvgIpc) is 3.61. The van der Waals surface area contributed by atoms with Crippen molar-refractivity contribution in [3.8, 4) is 23.5 Å². The van der Waals surface area contributed by atoms with Gasteiger partial charge in [0.15, 0.2) is 0 Å². The maximum absolute atomic E-state index is 10.7. The van der Waals surface area contributed by atoms with Gasteiger partial charge in [-0.05, 0) is 57.9 Å². The highest BCUT2D eigenvalue weighted by Gasteiger charge is 2.24. The van der Waals surface area contributed by atoms with E-state index in [4.69, 9.17) is 0 Å². The number of aromatic nitrogens is 2. The minimum Gasteiger partial charge on any atom is -0.307 e. The second-order valence-corrected chi connectivity index (χ2v) is 11.2. The Labute approximate surface area is 252 Å². The third-order valence-electron chi connectivity index (χ3n) is 8.93. The molecule has 0 aliphatic heterocycles. The second kappa shape index (κ2) is 9.07. The molecule has 0 atom stereocenters. The molecule has 0 radical (unpaired) electrons. The van der Waals surface area contributed by atoms with Gasteiger partial charge in [0.1, 0.15) is 6.07 Å². The Morgan fingerprint density at radius 2 is 0.932 bits per heavy atom. The van der Waals surface area contributed by atoms with Crippen LogP contribution < -0.4 is 0 Å². The van der Waals surface area contributed by atoms with Crippen LogP contribution in [0.2, 0.25) is 0 Å². The van der Waals surface area contributed by atoms with Crippen molar-refractivity contribution in [2.24, 2.45) is 0 Å². The van der Waals surface area contributed by atoms with E-state index >= 15 is 0 Å². The molecule has 4 heteroatoms. The molecule has 0 aliphatic carbocycles. The summed E-state index contributed by atoms with van der Waals surface area (Å²) in [6, 6.07) is 50.7. The molecule has 2 heterocycles. The lowest BCUT2D eigenvalue weighted by atomic mass is 10.0. The van der Waals surface area contributed by atoms with E-state index in [1.165, 1.54) is 10.8 Å². The van der Waals surface area contributed by atoms with Crippen LogP contribution in [0.4, 0.5) is 0 Å². The van der Waals surface area contributed by atoms with Gasteiger partial charge in [-0.15, -0.1) is 0 Å². The first-order valence-electron chi connectivity index (χ1n) is 14.6. The highest BCUT2D eigenvalue weighted by Crippen LogP contribution is 2.42. The number of nitrogens with zero attached hydrogens (tertiary/aromatic N) is 4. The van der Waals surface area contributed by atoms with Crippen LogP contribution in [0.15, 0.2) is 133 Å². The maximum atomic E-state index is 10.7. The van der Waals surface area contributed by atoms with Crippen molar-refractivity contribution in [3.63, 3.8) is 0 Å². The van der Waals surface area contributed by atoms with Gasteiger partial charge in [-0.2, -0.15) is 10.5 Å². The van der Waals surface area contributed by atoms with E-state index in [0.717, 1.165) is 65.8 Å². The lowest BCUT2D eigenvalue weighted by Crippen LogP contribution is -2.07. The predicted octanol–water partition coefficient (Wildman–Crippen LogP) is 9.93. The molecule has 4 nitrogen and oxygen atoms in total. The number of para-hydroxylation sites is 2. The summed E-state index contributed by atoms with van der Waals surface area (Å²) in [6.45, 7) is 0. The van der Waals surface area contributed by atoms with Crippen LogP contribution in [0.3, 0.4) is 0 Å². The summed E-state index contributed by atoms with van der Waals surface area (Å²) in [5.41, 5.74) is 6.49. The monoisotopic (exact) mass is 558 g/mol. The Balaban J connectivity index is 1.52. The van der Waals surface area contributed by atoms with Crippen molar-refractivity contribution in [2.45, 2.75) is 0 Å². The summed E-state index contributed by atoms with van der Waals surface area (Å²) in [6.07, 6.45) is 0. The lowest BCUT2D eigenvalue weighted by Gasteiger charge is -2.19. The van der Waals surface area contributed by atoms with Crippen LogP contribution in [0.5, 0.6) is 0 Å². The van der Waals surface area contributed by atoms with Crippen molar-refractivity contribution in [3.05, 3.63) is 145 Å². The highest BCUT2D eigenvalue weighted by molar-refractivity contribution is 6.23. The molecular formula is C40H22N4. The summed E-state index contributed by atoms with van der Waals surface area (Å²) >= 11 is 0. The van der Waals surface area contributed by atoms with Crippen LogP contribution in [0.1, 0.15) is 11.1 Å². The van der Waals surface area contributed by atoms with Gasteiger partial charge in [0.25, 0.3) is 0 Å². The molecule has 9 rings (SSSR count). The molecule has 0 unspecified atom stereocenters. The van der Waals surface area contributed by atoms with Gasteiger partial charge >= 0.3 is 0 Å². The minimum atomic E-state index is 0.443. The third-order valence-corrected chi connectivity index (χ3v) is 8.93. The molecule has 0 spiro atoms. The van der Waals surface area contributed by atoms with Crippen molar-refractivity contribution in [2.75, 3.05) is 0 Å². The Bertz CT molecular complexity index is 2740. The second-order valence-electron chi connectivity index (χ2n) is 11.2. The van der Waals surface area contributed by atoms with E-state index in [-0.39, 0.29) is 0 Å². The van der Waals surface area contributed by atoms with E-state index in [9.17, 15) is 10.5 Å². The maximum Gasteiger partial charge on any atom is 0.101 e. The van der Waals surface area contributed by atoms with Crippen LogP contribution in [-0.4, -0.2) is 9.13 Å². The Hall–Kier alpha value is -6.36. The third kappa shape index (κ3) is 3.20. The van der Waals surface area contributed by atoms with Crippen LogP contribution >= 0.6 is 0 Å². The molecule has 0 saturated heterocycles. The first-order chi connectivity index (χ1) is 21.8. The van der Waals surface area contributed by atoms with Gasteiger partial charge < -0.3 is 9.13 Å².